The zero-order valence-corrected chi connectivity index (χ0v) is 17.1. The molecule has 0 saturated heterocycles. The quantitative estimate of drug-likeness (QED) is 0.476. The first-order chi connectivity index (χ1) is 14.6. The fourth-order valence-electron chi connectivity index (χ4n) is 2.99. The molecule has 0 radical (unpaired) electrons. The number of hydrogen-bond acceptors (Lipinski definition) is 5. The van der Waals surface area contributed by atoms with Crippen LogP contribution in [0.3, 0.4) is 0 Å². The maximum Gasteiger partial charge on any atom is 0.262 e. The molecule has 0 saturated carbocycles. The van der Waals surface area contributed by atoms with Gasteiger partial charge in [0.2, 0.25) is 10.9 Å². The Kier molecular flexibility index (Phi) is 5.65. The molecule has 0 aliphatic heterocycles. The van der Waals surface area contributed by atoms with E-state index in [1.54, 1.807) is 31.4 Å². The van der Waals surface area contributed by atoms with Gasteiger partial charge >= 0.3 is 0 Å². The highest BCUT2D eigenvalue weighted by molar-refractivity contribution is 7.89. The first kappa shape index (κ1) is 19.9. The lowest BCUT2D eigenvalue weighted by Gasteiger charge is -2.07. The first-order valence-corrected chi connectivity index (χ1v) is 10.8. The second-order valence-electron chi connectivity index (χ2n) is 6.56. The number of rotatable bonds is 7. The van der Waals surface area contributed by atoms with Gasteiger partial charge in [0.1, 0.15) is 5.75 Å². The van der Waals surface area contributed by atoms with Gasteiger partial charge in [0.25, 0.3) is 10.0 Å². The lowest BCUT2D eigenvalue weighted by atomic mass is 10.2. The van der Waals surface area contributed by atoms with Crippen LogP contribution in [0.4, 0.5) is 0 Å². The lowest BCUT2D eigenvalue weighted by Crippen LogP contribution is -2.24. The van der Waals surface area contributed by atoms with Crippen LogP contribution in [0.1, 0.15) is 5.56 Å². The average molecular weight is 420 g/mol. The fourth-order valence-corrected chi connectivity index (χ4v) is 4.09. The van der Waals surface area contributed by atoms with Crippen molar-refractivity contribution >= 4 is 10.0 Å². The molecule has 0 amide bonds. The topological polar surface area (TPSA) is 81.4 Å². The highest BCUT2D eigenvalue weighted by Gasteiger charge is 2.27. The Hall–Kier alpha value is -3.42. The van der Waals surface area contributed by atoms with Crippen LogP contribution >= 0.6 is 0 Å². The Morgan fingerprint density at radius 1 is 0.900 bits per heavy atom. The van der Waals surface area contributed by atoms with Crippen molar-refractivity contribution in [1.29, 1.82) is 0 Å². The highest BCUT2D eigenvalue weighted by atomic mass is 32.2. The summed E-state index contributed by atoms with van der Waals surface area (Å²) >= 11 is 0. The highest BCUT2D eigenvalue weighted by Crippen LogP contribution is 2.32. The van der Waals surface area contributed by atoms with Crippen molar-refractivity contribution in [2.75, 3.05) is 7.11 Å². The molecule has 0 spiro atoms. The van der Waals surface area contributed by atoms with Gasteiger partial charge in [-0.25, -0.2) is 13.1 Å². The molecule has 0 atom stereocenters. The van der Waals surface area contributed by atoms with Crippen LogP contribution in [0, 0.1) is 0 Å². The van der Waals surface area contributed by atoms with Crippen LogP contribution < -0.4 is 9.46 Å². The molecule has 3 aromatic carbocycles. The Bertz CT molecular complexity index is 1240. The number of methoxy groups -OCH3 is 1. The number of aromatic nitrogens is 1. The van der Waals surface area contributed by atoms with Crippen molar-refractivity contribution in [2.24, 2.45) is 0 Å². The molecule has 152 valence electrons. The van der Waals surface area contributed by atoms with Crippen LogP contribution in [0.25, 0.3) is 22.8 Å². The van der Waals surface area contributed by atoms with E-state index in [4.69, 9.17) is 9.15 Å². The fraction of sp³-hybridized carbons (Fsp3) is 0.0870. The third-order valence-corrected chi connectivity index (χ3v) is 5.82. The molecule has 0 bridgehead atoms. The van der Waals surface area contributed by atoms with Gasteiger partial charge < -0.3 is 9.15 Å². The van der Waals surface area contributed by atoms with Crippen LogP contribution in [-0.4, -0.2) is 20.5 Å². The molecule has 4 aromatic rings. The molecular weight excluding hydrogens is 400 g/mol. The van der Waals surface area contributed by atoms with Gasteiger partial charge in [0, 0.05) is 17.7 Å². The van der Waals surface area contributed by atoms with Crippen molar-refractivity contribution in [1.82, 2.24) is 9.71 Å². The van der Waals surface area contributed by atoms with E-state index in [-0.39, 0.29) is 23.2 Å². The van der Waals surface area contributed by atoms with Gasteiger partial charge in [-0.05, 0) is 29.8 Å². The van der Waals surface area contributed by atoms with Gasteiger partial charge in [0.15, 0.2) is 5.76 Å². The Labute approximate surface area is 175 Å². The molecule has 7 heteroatoms. The van der Waals surface area contributed by atoms with Crippen LogP contribution in [0.15, 0.2) is 94.4 Å². The number of hydrogen-bond donors (Lipinski definition) is 1. The molecular formula is C23H20N2O4S. The number of benzene rings is 3. The summed E-state index contributed by atoms with van der Waals surface area (Å²) in [4.78, 5) is 4.33. The summed E-state index contributed by atoms with van der Waals surface area (Å²) in [7, 11) is -2.37. The maximum atomic E-state index is 13.1. The van der Waals surface area contributed by atoms with Crippen molar-refractivity contribution in [3.05, 3.63) is 90.5 Å². The molecule has 1 N–H and O–H groups in total. The lowest BCUT2D eigenvalue weighted by molar-refractivity contribution is 0.414. The first-order valence-electron chi connectivity index (χ1n) is 9.31. The van der Waals surface area contributed by atoms with Crippen molar-refractivity contribution in [3.8, 4) is 28.5 Å². The normalized spacial score (nSPS) is 11.4. The number of nitrogens with zero attached hydrogens (tertiary/aromatic N) is 1. The minimum atomic E-state index is -3.94. The van der Waals surface area contributed by atoms with Crippen molar-refractivity contribution in [3.63, 3.8) is 0 Å². The van der Waals surface area contributed by atoms with E-state index in [9.17, 15) is 8.42 Å². The Morgan fingerprint density at radius 2 is 1.57 bits per heavy atom. The van der Waals surface area contributed by atoms with E-state index in [1.807, 2.05) is 60.7 Å². The SMILES string of the molecule is COc1cccc(CNS(=O)(=O)c2nc(-c3ccccc3)oc2-c2ccccc2)c1. The zero-order valence-electron chi connectivity index (χ0n) is 16.3. The Morgan fingerprint density at radius 3 is 2.23 bits per heavy atom. The van der Waals surface area contributed by atoms with E-state index in [2.05, 4.69) is 9.71 Å². The third-order valence-electron chi connectivity index (χ3n) is 4.51. The standard InChI is InChI=1S/C23H20N2O4S/c1-28-20-14-8-9-17(15-20)16-24-30(26,27)23-21(18-10-4-2-5-11-18)29-22(25-23)19-12-6-3-7-13-19/h2-15,24H,16H2,1H3. The number of sulfonamides is 1. The van der Waals surface area contributed by atoms with Crippen molar-refractivity contribution < 1.29 is 17.6 Å². The molecule has 6 nitrogen and oxygen atoms in total. The molecule has 0 aliphatic rings. The summed E-state index contributed by atoms with van der Waals surface area (Å²) in [6, 6.07) is 25.5. The Balaban J connectivity index is 1.71. The van der Waals surface area contributed by atoms with E-state index >= 15 is 0 Å². The van der Waals surface area contributed by atoms with E-state index in [0.29, 0.717) is 16.9 Å². The zero-order chi connectivity index (χ0) is 21.0. The summed E-state index contributed by atoms with van der Waals surface area (Å²) in [6.07, 6.45) is 0. The van der Waals surface area contributed by atoms with Gasteiger partial charge in [-0.2, -0.15) is 4.98 Å². The monoisotopic (exact) mass is 420 g/mol. The second kappa shape index (κ2) is 8.52. The van der Waals surface area contributed by atoms with Gasteiger partial charge in [-0.15, -0.1) is 0 Å². The molecule has 1 heterocycles. The van der Waals surface area contributed by atoms with Crippen LogP contribution in [0.5, 0.6) is 5.75 Å². The minimum Gasteiger partial charge on any atom is -0.497 e. The van der Waals surface area contributed by atoms with E-state index in [0.717, 1.165) is 5.56 Å². The molecule has 0 unspecified atom stereocenters. The van der Waals surface area contributed by atoms with Gasteiger partial charge in [0.05, 0.1) is 7.11 Å². The summed E-state index contributed by atoms with van der Waals surface area (Å²) in [5.41, 5.74) is 2.10. The average Bonchev–Trinajstić information content (AvgIpc) is 3.26. The predicted octanol–water partition coefficient (Wildman–Crippen LogP) is 4.50. The molecule has 30 heavy (non-hydrogen) atoms. The predicted molar refractivity (Wildman–Crippen MR) is 114 cm³/mol. The minimum absolute atomic E-state index is 0.0985. The molecule has 0 fully saturated rings. The third kappa shape index (κ3) is 4.27. The summed E-state index contributed by atoms with van der Waals surface area (Å²) in [6.45, 7) is 0.0985. The van der Waals surface area contributed by atoms with Crippen LogP contribution in [0.2, 0.25) is 0 Å². The number of oxazole rings is 1. The van der Waals surface area contributed by atoms with E-state index in [1.165, 1.54) is 0 Å². The summed E-state index contributed by atoms with van der Waals surface area (Å²) in [5.74, 6) is 1.10. The summed E-state index contributed by atoms with van der Waals surface area (Å²) < 4.78 is 40.0. The molecule has 4 rings (SSSR count). The van der Waals surface area contributed by atoms with E-state index < -0.39 is 10.0 Å². The van der Waals surface area contributed by atoms with Gasteiger partial charge in [-0.3, -0.25) is 0 Å². The molecule has 1 aromatic heterocycles. The second-order valence-corrected chi connectivity index (χ2v) is 8.24. The van der Waals surface area contributed by atoms with Crippen LogP contribution in [-0.2, 0) is 16.6 Å². The smallest absolute Gasteiger partial charge is 0.262 e. The largest absolute Gasteiger partial charge is 0.497 e. The molecule has 0 aliphatic carbocycles. The number of ether oxygens (including phenoxy) is 1. The van der Waals surface area contributed by atoms with Gasteiger partial charge in [-0.1, -0.05) is 60.7 Å². The van der Waals surface area contributed by atoms with Crippen molar-refractivity contribution in [2.45, 2.75) is 11.6 Å². The maximum absolute atomic E-state index is 13.1. The summed E-state index contributed by atoms with van der Waals surface area (Å²) in [5, 5.41) is -0.143. The number of nitrogens with one attached hydrogen (secondary N) is 1.